The number of hydrogen-bond donors (Lipinski definition) is 2. The zero-order chi connectivity index (χ0) is 15.4. The summed E-state index contributed by atoms with van der Waals surface area (Å²) in [6.07, 6.45) is 0. The fourth-order valence-corrected chi connectivity index (χ4v) is 1.95. The van der Waals surface area contributed by atoms with Gasteiger partial charge in [-0.05, 0) is 13.0 Å². The van der Waals surface area contributed by atoms with E-state index >= 15 is 0 Å². The first-order valence-electron chi connectivity index (χ1n) is 6.33. The largest absolute Gasteiger partial charge is 0.497 e. The van der Waals surface area contributed by atoms with Crippen LogP contribution < -0.4 is 14.8 Å². The first-order valence-corrected chi connectivity index (χ1v) is 6.33. The van der Waals surface area contributed by atoms with Crippen LogP contribution in [0, 0.1) is 6.92 Å². The fourth-order valence-electron chi connectivity index (χ4n) is 1.95. The Bertz CT molecular complexity index is 625. The highest BCUT2D eigenvalue weighted by molar-refractivity contribution is 5.86. The van der Waals surface area contributed by atoms with E-state index in [4.69, 9.17) is 19.0 Å². The summed E-state index contributed by atoms with van der Waals surface area (Å²) in [6, 6.07) is 7.10. The molecule has 2 N–H and O–H groups in total. The predicted octanol–water partition coefficient (Wildman–Crippen LogP) is 2.92. The van der Waals surface area contributed by atoms with Crippen LogP contribution in [0.5, 0.6) is 11.5 Å². The van der Waals surface area contributed by atoms with Crippen molar-refractivity contribution in [2.75, 3.05) is 19.5 Å². The van der Waals surface area contributed by atoms with Gasteiger partial charge in [0.25, 0.3) is 0 Å². The molecule has 1 heterocycles. The van der Waals surface area contributed by atoms with Crippen molar-refractivity contribution in [3.8, 4) is 11.5 Å². The Morgan fingerprint density at radius 3 is 2.29 bits per heavy atom. The van der Waals surface area contributed by atoms with Crippen LogP contribution >= 0.6 is 0 Å². The van der Waals surface area contributed by atoms with Gasteiger partial charge in [-0.1, -0.05) is 0 Å². The van der Waals surface area contributed by atoms with Gasteiger partial charge in [0.2, 0.25) is 5.76 Å². The summed E-state index contributed by atoms with van der Waals surface area (Å²) < 4.78 is 15.7. The molecular formula is C15H17NO5. The van der Waals surface area contributed by atoms with Gasteiger partial charge in [-0.3, -0.25) is 0 Å². The highest BCUT2D eigenvalue weighted by Crippen LogP contribution is 2.26. The minimum atomic E-state index is -1.07. The Morgan fingerprint density at radius 1 is 1.19 bits per heavy atom. The number of nitrogens with one attached hydrogen (secondary N) is 1. The van der Waals surface area contributed by atoms with Crippen LogP contribution in [0.1, 0.15) is 21.9 Å². The number of rotatable bonds is 6. The Balaban J connectivity index is 2.12. The molecule has 2 aromatic rings. The molecule has 0 radical (unpaired) electrons. The average Bonchev–Trinajstić information content (AvgIpc) is 2.86. The fraction of sp³-hybridized carbons (Fsp3) is 0.267. The molecule has 0 saturated heterocycles. The van der Waals surface area contributed by atoms with Crippen molar-refractivity contribution >= 4 is 11.7 Å². The van der Waals surface area contributed by atoms with Gasteiger partial charge in [0.15, 0.2) is 0 Å². The lowest BCUT2D eigenvalue weighted by Gasteiger charge is -2.09. The van der Waals surface area contributed by atoms with Crippen LogP contribution in [0.25, 0.3) is 0 Å². The molecule has 2 rings (SSSR count). The Labute approximate surface area is 122 Å². The number of carbonyl (C=O) groups is 1. The van der Waals surface area contributed by atoms with E-state index in [1.807, 2.05) is 12.1 Å². The lowest BCUT2D eigenvalue weighted by molar-refractivity contribution is 0.0659. The molecule has 0 aliphatic heterocycles. The number of carboxylic acid groups (broad SMARTS) is 1. The number of benzene rings is 1. The number of ether oxygens (including phenoxy) is 2. The minimum absolute atomic E-state index is 0.0324. The topological polar surface area (TPSA) is 80.9 Å². The van der Waals surface area contributed by atoms with Gasteiger partial charge in [-0.2, -0.15) is 0 Å². The zero-order valence-corrected chi connectivity index (χ0v) is 12.1. The normalized spacial score (nSPS) is 10.2. The van der Waals surface area contributed by atoms with E-state index < -0.39 is 5.97 Å². The highest BCUT2D eigenvalue weighted by Gasteiger charge is 2.14. The van der Waals surface area contributed by atoms with E-state index in [0.29, 0.717) is 29.4 Å². The summed E-state index contributed by atoms with van der Waals surface area (Å²) in [7, 11) is 3.15. The first kappa shape index (κ1) is 14.8. The molecule has 112 valence electrons. The highest BCUT2D eigenvalue weighted by atomic mass is 16.5. The summed E-state index contributed by atoms with van der Waals surface area (Å²) >= 11 is 0. The molecule has 1 aromatic carbocycles. The SMILES string of the molecule is COc1cc(NCc2cc(C)c(C(=O)O)o2)cc(OC)c1. The maximum absolute atomic E-state index is 10.9. The molecule has 0 amide bonds. The van der Waals surface area contributed by atoms with E-state index in [1.54, 1.807) is 33.3 Å². The third kappa shape index (κ3) is 3.47. The maximum Gasteiger partial charge on any atom is 0.372 e. The Hall–Kier alpha value is -2.63. The number of hydrogen-bond acceptors (Lipinski definition) is 5. The molecule has 21 heavy (non-hydrogen) atoms. The van der Waals surface area contributed by atoms with Gasteiger partial charge in [-0.15, -0.1) is 0 Å². The van der Waals surface area contributed by atoms with Gasteiger partial charge >= 0.3 is 5.97 Å². The summed E-state index contributed by atoms with van der Waals surface area (Å²) in [6.45, 7) is 2.06. The van der Waals surface area contributed by atoms with Crippen molar-refractivity contribution in [2.24, 2.45) is 0 Å². The Morgan fingerprint density at radius 2 is 1.81 bits per heavy atom. The van der Waals surface area contributed by atoms with Gasteiger partial charge in [0.1, 0.15) is 17.3 Å². The van der Waals surface area contributed by atoms with E-state index in [2.05, 4.69) is 5.32 Å². The van der Waals surface area contributed by atoms with Crippen LogP contribution in [-0.4, -0.2) is 25.3 Å². The molecule has 0 bridgehead atoms. The number of furan rings is 1. The molecule has 0 spiro atoms. The summed E-state index contributed by atoms with van der Waals surface area (Å²) in [5.74, 6) is 0.779. The van der Waals surface area contributed by atoms with Crippen LogP contribution in [0.3, 0.4) is 0 Å². The van der Waals surface area contributed by atoms with Crippen LogP contribution in [0.4, 0.5) is 5.69 Å². The molecule has 0 fully saturated rings. The van der Waals surface area contributed by atoms with Crippen molar-refractivity contribution in [2.45, 2.75) is 13.5 Å². The van der Waals surface area contributed by atoms with Gasteiger partial charge in [-0.25, -0.2) is 4.79 Å². The maximum atomic E-state index is 10.9. The third-order valence-corrected chi connectivity index (χ3v) is 2.98. The Kier molecular flexibility index (Phi) is 4.37. The number of anilines is 1. The van der Waals surface area contributed by atoms with Gasteiger partial charge in [0.05, 0.1) is 20.8 Å². The van der Waals surface area contributed by atoms with Crippen molar-refractivity contribution in [1.29, 1.82) is 0 Å². The van der Waals surface area contributed by atoms with Crippen molar-refractivity contribution in [3.63, 3.8) is 0 Å². The van der Waals surface area contributed by atoms with E-state index in [-0.39, 0.29) is 5.76 Å². The van der Waals surface area contributed by atoms with Crippen LogP contribution in [0.15, 0.2) is 28.7 Å². The number of aryl methyl sites for hydroxylation is 1. The molecule has 0 saturated carbocycles. The quantitative estimate of drug-likeness (QED) is 0.851. The van der Waals surface area contributed by atoms with Crippen molar-refractivity contribution < 1.29 is 23.8 Å². The second-order valence-electron chi connectivity index (χ2n) is 4.48. The van der Waals surface area contributed by atoms with Crippen LogP contribution in [-0.2, 0) is 6.54 Å². The van der Waals surface area contributed by atoms with E-state index in [1.165, 1.54) is 0 Å². The molecule has 6 nitrogen and oxygen atoms in total. The standard InChI is InChI=1S/C15H17NO5/c1-9-4-13(21-14(9)15(17)18)8-16-10-5-11(19-2)7-12(6-10)20-3/h4-7,16H,8H2,1-3H3,(H,17,18). The van der Waals surface area contributed by atoms with Crippen molar-refractivity contribution in [1.82, 2.24) is 0 Å². The molecule has 0 aliphatic carbocycles. The first-order chi connectivity index (χ1) is 10.0. The number of carboxylic acids is 1. The summed E-state index contributed by atoms with van der Waals surface area (Å²) in [5, 5.41) is 12.1. The lowest BCUT2D eigenvalue weighted by atomic mass is 10.2. The smallest absolute Gasteiger partial charge is 0.372 e. The predicted molar refractivity (Wildman–Crippen MR) is 77.3 cm³/mol. The monoisotopic (exact) mass is 291 g/mol. The zero-order valence-electron chi connectivity index (χ0n) is 12.1. The molecule has 0 aliphatic rings. The van der Waals surface area contributed by atoms with Crippen molar-refractivity contribution in [3.05, 3.63) is 41.3 Å². The van der Waals surface area contributed by atoms with E-state index in [9.17, 15) is 4.79 Å². The minimum Gasteiger partial charge on any atom is -0.497 e. The summed E-state index contributed by atoms with van der Waals surface area (Å²) in [4.78, 5) is 10.9. The van der Waals surface area contributed by atoms with Gasteiger partial charge in [0, 0.05) is 29.4 Å². The van der Waals surface area contributed by atoms with Crippen LogP contribution in [0.2, 0.25) is 0 Å². The van der Waals surface area contributed by atoms with Gasteiger partial charge < -0.3 is 24.3 Å². The van der Waals surface area contributed by atoms with E-state index in [0.717, 1.165) is 5.69 Å². The number of methoxy groups -OCH3 is 2. The molecule has 0 unspecified atom stereocenters. The summed E-state index contributed by atoms with van der Waals surface area (Å²) in [5.41, 5.74) is 1.39. The number of aromatic carboxylic acids is 1. The lowest BCUT2D eigenvalue weighted by Crippen LogP contribution is -1.99. The molecular weight excluding hydrogens is 274 g/mol. The third-order valence-electron chi connectivity index (χ3n) is 2.98. The molecule has 1 aromatic heterocycles. The second-order valence-corrected chi connectivity index (χ2v) is 4.48. The second kappa shape index (κ2) is 6.21. The molecule has 6 heteroatoms. The average molecular weight is 291 g/mol. The molecule has 0 atom stereocenters.